The number of likely N-dealkylation sites (tertiary alicyclic amines) is 2. The van der Waals surface area contributed by atoms with Crippen LogP contribution in [0.3, 0.4) is 0 Å². The van der Waals surface area contributed by atoms with Gasteiger partial charge in [0.25, 0.3) is 0 Å². The topological polar surface area (TPSA) is 53.4 Å². The van der Waals surface area contributed by atoms with E-state index in [0.717, 1.165) is 57.9 Å². The zero-order chi connectivity index (χ0) is 17.4. The van der Waals surface area contributed by atoms with Crippen LogP contribution < -0.4 is 5.32 Å². The summed E-state index contributed by atoms with van der Waals surface area (Å²) in [6.07, 6.45) is 7.60. The Hall–Kier alpha value is -0.820. The molecule has 1 aromatic rings. The van der Waals surface area contributed by atoms with Gasteiger partial charge in [0.1, 0.15) is 0 Å². The number of carbonyl (C=O) groups excluding carboxylic acids is 1. The van der Waals surface area contributed by atoms with E-state index in [1.807, 2.05) is 7.05 Å². The van der Waals surface area contributed by atoms with E-state index in [4.69, 9.17) is 0 Å². The number of hydrogen-bond acceptors (Lipinski definition) is 4. The predicted octanol–water partition coefficient (Wildman–Crippen LogP) is 2.17. The minimum atomic E-state index is 0. The fourth-order valence-corrected chi connectivity index (χ4v) is 4.83. The first kappa shape index (κ1) is 22.5. The van der Waals surface area contributed by atoms with Gasteiger partial charge in [-0.25, -0.2) is 0 Å². The maximum Gasteiger partial charge on any atom is 0.222 e. The van der Waals surface area contributed by atoms with E-state index in [-0.39, 0.29) is 24.8 Å². The molecule has 1 saturated carbocycles. The molecule has 3 fully saturated rings. The van der Waals surface area contributed by atoms with Crippen LogP contribution in [0.1, 0.15) is 49.3 Å². The highest BCUT2D eigenvalue weighted by atomic mass is 35.5. The summed E-state index contributed by atoms with van der Waals surface area (Å²) in [5.74, 6) is 1.72. The molecule has 27 heavy (non-hydrogen) atoms. The number of nitrogens with one attached hydrogen (secondary N) is 1. The third-order valence-corrected chi connectivity index (χ3v) is 6.25. The molecule has 8 heteroatoms. The van der Waals surface area contributed by atoms with Crippen molar-refractivity contribution < 1.29 is 4.79 Å². The van der Waals surface area contributed by atoms with Crippen molar-refractivity contribution in [1.29, 1.82) is 0 Å². The Balaban J connectivity index is 0.00000131. The lowest BCUT2D eigenvalue weighted by molar-refractivity contribution is -0.141. The second kappa shape index (κ2) is 9.59. The quantitative estimate of drug-likeness (QED) is 0.770. The number of rotatable bonds is 6. The maximum absolute atomic E-state index is 12.3. The number of likely N-dealkylation sites (N-methyl/N-ethyl adjacent to an activating group) is 1. The van der Waals surface area contributed by atoms with Crippen LogP contribution in [0.5, 0.6) is 0 Å². The van der Waals surface area contributed by atoms with E-state index in [9.17, 15) is 4.79 Å². The highest BCUT2D eigenvalue weighted by Crippen LogP contribution is 2.42. The van der Waals surface area contributed by atoms with Crippen LogP contribution in [-0.4, -0.2) is 64.8 Å². The largest absolute Gasteiger partial charge is 0.338 e. The van der Waals surface area contributed by atoms with Crippen LogP contribution in [0.4, 0.5) is 0 Å². The molecule has 3 aliphatic rings. The summed E-state index contributed by atoms with van der Waals surface area (Å²) in [4.78, 5) is 17.1. The van der Waals surface area contributed by atoms with Gasteiger partial charge in [0, 0.05) is 69.4 Å². The molecule has 4 rings (SSSR count). The molecule has 0 spiro atoms. The van der Waals surface area contributed by atoms with E-state index in [1.165, 1.54) is 24.1 Å². The van der Waals surface area contributed by atoms with Crippen molar-refractivity contribution in [3.63, 3.8) is 0 Å². The number of hydrogen-bond donors (Lipinski definition) is 1. The molecule has 3 heterocycles. The smallest absolute Gasteiger partial charge is 0.222 e. The molecule has 1 aliphatic carbocycles. The monoisotopic (exact) mass is 417 g/mol. The third kappa shape index (κ3) is 4.78. The van der Waals surface area contributed by atoms with Gasteiger partial charge in [-0.3, -0.25) is 14.4 Å². The molecule has 2 aliphatic heterocycles. The minimum absolute atomic E-state index is 0. The highest BCUT2D eigenvalue weighted by Gasteiger charge is 2.39. The average Bonchev–Trinajstić information content (AvgIpc) is 3.38. The molecule has 2 saturated heterocycles. The minimum Gasteiger partial charge on any atom is -0.338 e. The van der Waals surface area contributed by atoms with Gasteiger partial charge in [0.2, 0.25) is 5.91 Å². The Kier molecular flexibility index (Phi) is 7.98. The second-order valence-corrected chi connectivity index (χ2v) is 8.03. The second-order valence-electron chi connectivity index (χ2n) is 8.03. The Morgan fingerprint density at radius 1 is 1.22 bits per heavy atom. The predicted molar refractivity (Wildman–Crippen MR) is 112 cm³/mol. The van der Waals surface area contributed by atoms with Crippen LogP contribution in [0.15, 0.2) is 6.20 Å². The number of amides is 1. The van der Waals surface area contributed by atoms with Crippen molar-refractivity contribution in [3.8, 4) is 0 Å². The Morgan fingerprint density at radius 2 is 2.00 bits per heavy atom. The van der Waals surface area contributed by atoms with E-state index >= 15 is 0 Å². The van der Waals surface area contributed by atoms with E-state index in [0.29, 0.717) is 17.9 Å². The molecule has 6 nitrogen and oxygen atoms in total. The van der Waals surface area contributed by atoms with Crippen molar-refractivity contribution in [1.82, 2.24) is 24.9 Å². The number of aromatic nitrogens is 2. The lowest BCUT2D eigenvalue weighted by Gasteiger charge is -2.47. The average molecular weight is 418 g/mol. The molecule has 0 bridgehead atoms. The molecule has 1 aromatic heterocycles. The van der Waals surface area contributed by atoms with Gasteiger partial charge < -0.3 is 10.2 Å². The van der Waals surface area contributed by atoms with Crippen LogP contribution in [0.2, 0.25) is 0 Å². The third-order valence-electron chi connectivity index (χ3n) is 6.25. The summed E-state index contributed by atoms with van der Waals surface area (Å²) in [5, 5.41) is 7.69. The molecule has 1 N–H and O–H groups in total. The van der Waals surface area contributed by atoms with Crippen molar-refractivity contribution in [2.45, 2.75) is 50.6 Å². The van der Waals surface area contributed by atoms with E-state index in [1.54, 1.807) is 0 Å². The summed E-state index contributed by atoms with van der Waals surface area (Å²) in [6, 6.07) is 0.447. The van der Waals surface area contributed by atoms with Crippen LogP contribution in [0, 0.1) is 5.92 Å². The summed E-state index contributed by atoms with van der Waals surface area (Å²) in [6.45, 7) is 4.97. The van der Waals surface area contributed by atoms with Gasteiger partial charge in [-0.1, -0.05) is 0 Å². The maximum atomic E-state index is 12.3. The fraction of sp³-hybridized carbons (Fsp3) is 0.789. The number of aryl methyl sites for hydroxylation is 1. The fourth-order valence-electron chi connectivity index (χ4n) is 4.83. The summed E-state index contributed by atoms with van der Waals surface area (Å²) < 4.78 is 2.08. The lowest BCUT2D eigenvalue weighted by Crippen LogP contribution is -2.56. The van der Waals surface area contributed by atoms with Crippen molar-refractivity contribution in [2.24, 2.45) is 13.0 Å². The summed E-state index contributed by atoms with van der Waals surface area (Å²) >= 11 is 0. The van der Waals surface area contributed by atoms with Gasteiger partial charge in [-0.15, -0.1) is 24.8 Å². The van der Waals surface area contributed by atoms with Crippen molar-refractivity contribution in [3.05, 3.63) is 17.5 Å². The van der Waals surface area contributed by atoms with E-state index < -0.39 is 0 Å². The van der Waals surface area contributed by atoms with Crippen LogP contribution >= 0.6 is 24.8 Å². The number of carbonyl (C=O) groups is 1. The number of fused-ring (bicyclic) bond motifs is 1. The Bertz CT molecular complexity index is 634. The Labute approximate surface area is 174 Å². The molecule has 0 aromatic carbocycles. The van der Waals surface area contributed by atoms with Gasteiger partial charge >= 0.3 is 0 Å². The van der Waals surface area contributed by atoms with Crippen LogP contribution in [0.25, 0.3) is 0 Å². The van der Waals surface area contributed by atoms with Gasteiger partial charge in [-0.2, -0.15) is 5.10 Å². The van der Waals surface area contributed by atoms with Gasteiger partial charge in [0.05, 0.1) is 6.20 Å². The van der Waals surface area contributed by atoms with Gasteiger partial charge in [0.15, 0.2) is 0 Å². The van der Waals surface area contributed by atoms with E-state index in [2.05, 4.69) is 38.1 Å². The Morgan fingerprint density at radius 3 is 2.70 bits per heavy atom. The zero-order valence-electron chi connectivity index (χ0n) is 16.4. The number of piperidine rings is 2. The SMILES string of the molecule is CNCCN1C(=O)CC[C@H]2CN(Cc3cnn(C)c3C3CC3)CC[C@H]21.Cl.Cl. The molecular weight excluding hydrogens is 385 g/mol. The molecule has 1 amide bonds. The number of halogens is 2. The standard InChI is InChI=1S/C19H31N5O.2ClH/c1-20-8-10-24-17-7-9-23(12-15(17)5-6-18(24)25)13-16-11-21-22(2)19(16)14-3-4-14;;/h11,14-15,17,20H,3-10,12-13H2,1-2H3;2*1H/t15-,17+;;/m0../s1. The first-order chi connectivity index (χ1) is 12.2. The first-order valence-corrected chi connectivity index (χ1v) is 9.84. The molecule has 0 unspecified atom stereocenters. The zero-order valence-corrected chi connectivity index (χ0v) is 18.0. The normalized spacial score (nSPS) is 25.6. The lowest BCUT2D eigenvalue weighted by atomic mass is 9.83. The molecular formula is C19H33Cl2N5O. The first-order valence-electron chi connectivity index (χ1n) is 9.84. The molecule has 154 valence electrons. The summed E-state index contributed by atoms with van der Waals surface area (Å²) in [7, 11) is 4.04. The number of nitrogens with zero attached hydrogens (tertiary/aromatic N) is 4. The van der Waals surface area contributed by atoms with Crippen molar-refractivity contribution >= 4 is 30.7 Å². The molecule has 0 radical (unpaired) electrons. The van der Waals surface area contributed by atoms with Gasteiger partial charge in [-0.05, 0) is 38.6 Å². The summed E-state index contributed by atoms with van der Waals surface area (Å²) in [5.41, 5.74) is 2.87. The molecule has 2 atom stereocenters. The highest BCUT2D eigenvalue weighted by molar-refractivity contribution is 5.85. The van der Waals surface area contributed by atoms with Crippen molar-refractivity contribution in [2.75, 3.05) is 33.2 Å². The van der Waals surface area contributed by atoms with Crippen LogP contribution in [-0.2, 0) is 18.4 Å².